The number of benzene rings is 1. The SMILES string of the molecule is COc1ccc(NC(C)=O)cc1-c1ccc(CO)o1. The molecule has 19 heavy (non-hydrogen) atoms. The van der Waals surface area contributed by atoms with Crippen LogP contribution in [0.15, 0.2) is 34.7 Å². The summed E-state index contributed by atoms with van der Waals surface area (Å²) in [6, 6.07) is 8.71. The minimum Gasteiger partial charge on any atom is -0.496 e. The van der Waals surface area contributed by atoms with Crippen molar-refractivity contribution in [2.75, 3.05) is 12.4 Å². The maximum absolute atomic E-state index is 11.1. The molecule has 2 N–H and O–H groups in total. The van der Waals surface area contributed by atoms with Crippen molar-refractivity contribution < 1.29 is 19.1 Å². The molecule has 1 amide bonds. The molecule has 1 heterocycles. The minimum absolute atomic E-state index is 0.147. The summed E-state index contributed by atoms with van der Waals surface area (Å²) < 4.78 is 10.7. The van der Waals surface area contributed by atoms with Crippen molar-refractivity contribution in [3.05, 3.63) is 36.1 Å². The molecule has 0 bridgehead atoms. The fraction of sp³-hybridized carbons (Fsp3) is 0.214. The van der Waals surface area contributed by atoms with Crippen LogP contribution in [0, 0.1) is 0 Å². The van der Waals surface area contributed by atoms with E-state index in [-0.39, 0.29) is 12.5 Å². The number of rotatable bonds is 4. The molecule has 0 aliphatic rings. The van der Waals surface area contributed by atoms with E-state index >= 15 is 0 Å². The zero-order chi connectivity index (χ0) is 13.8. The molecule has 0 aliphatic heterocycles. The number of carbonyl (C=O) groups is 1. The highest BCUT2D eigenvalue weighted by Gasteiger charge is 2.11. The first-order valence-electron chi connectivity index (χ1n) is 5.79. The first-order valence-corrected chi connectivity index (χ1v) is 5.79. The highest BCUT2D eigenvalue weighted by Crippen LogP contribution is 2.33. The number of ether oxygens (including phenoxy) is 1. The number of methoxy groups -OCH3 is 1. The Morgan fingerprint density at radius 3 is 2.74 bits per heavy atom. The van der Waals surface area contributed by atoms with Gasteiger partial charge in [0.25, 0.3) is 0 Å². The topological polar surface area (TPSA) is 71.7 Å². The van der Waals surface area contributed by atoms with Crippen molar-refractivity contribution in [2.45, 2.75) is 13.5 Å². The van der Waals surface area contributed by atoms with E-state index in [1.165, 1.54) is 6.92 Å². The van der Waals surface area contributed by atoms with E-state index in [1.807, 2.05) is 0 Å². The van der Waals surface area contributed by atoms with Gasteiger partial charge in [-0.1, -0.05) is 0 Å². The van der Waals surface area contributed by atoms with Crippen molar-refractivity contribution in [1.29, 1.82) is 0 Å². The molecule has 100 valence electrons. The molecule has 0 aliphatic carbocycles. The standard InChI is InChI=1S/C14H15NO4/c1-9(17)15-10-3-5-13(18-2)12(7-10)14-6-4-11(8-16)19-14/h3-7,16H,8H2,1-2H3,(H,15,17). The predicted octanol–water partition coefficient (Wildman–Crippen LogP) is 2.41. The first kappa shape index (κ1) is 13.2. The molecule has 1 aromatic carbocycles. The van der Waals surface area contributed by atoms with Gasteiger partial charge in [-0.25, -0.2) is 0 Å². The quantitative estimate of drug-likeness (QED) is 0.886. The summed E-state index contributed by atoms with van der Waals surface area (Å²) >= 11 is 0. The van der Waals surface area contributed by atoms with Gasteiger partial charge in [0.15, 0.2) is 0 Å². The number of aliphatic hydroxyl groups is 1. The van der Waals surface area contributed by atoms with E-state index in [0.717, 1.165) is 0 Å². The Labute approximate surface area is 110 Å². The highest BCUT2D eigenvalue weighted by atomic mass is 16.5. The number of aliphatic hydroxyl groups excluding tert-OH is 1. The smallest absolute Gasteiger partial charge is 0.221 e. The second kappa shape index (κ2) is 5.58. The lowest BCUT2D eigenvalue weighted by Gasteiger charge is -2.09. The van der Waals surface area contributed by atoms with Gasteiger partial charge in [0, 0.05) is 12.6 Å². The van der Waals surface area contributed by atoms with Gasteiger partial charge in [0.05, 0.1) is 12.7 Å². The van der Waals surface area contributed by atoms with Crippen LogP contribution in [0.5, 0.6) is 5.75 Å². The molecule has 5 nitrogen and oxygen atoms in total. The van der Waals surface area contributed by atoms with Crippen LogP contribution in [0.2, 0.25) is 0 Å². The van der Waals surface area contributed by atoms with Gasteiger partial charge in [0.1, 0.15) is 23.9 Å². The average Bonchev–Trinajstić information content (AvgIpc) is 2.86. The summed E-state index contributed by atoms with van der Waals surface area (Å²) in [5, 5.41) is 11.7. The lowest BCUT2D eigenvalue weighted by atomic mass is 10.1. The first-order chi connectivity index (χ1) is 9.13. The summed E-state index contributed by atoms with van der Waals surface area (Å²) in [7, 11) is 1.56. The van der Waals surface area contributed by atoms with Crippen LogP contribution in [0.25, 0.3) is 11.3 Å². The summed E-state index contributed by atoms with van der Waals surface area (Å²) in [4.78, 5) is 11.1. The van der Waals surface area contributed by atoms with Crippen molar-refractivity contribution >= 4 is 11.6 Å². The molecule has 1 aromatic heterocycles. The number of hydrogen-bond acceptors (Lipinski definition) is 4. The fourth-order valence-corrected chi connectivity index (χ4v) is 1.79. The van der Waals surface area contributed by atoms with Crippen LogP contribution in [-0.4, -0.2) is 18.1 Å². The van der Waals surface area contributed by atoms with E-state index in [1.54, 1.807) is 37.4 Å². The molecular formula is C14H15NO4. The van der Waals surface area contributed by atoms with Crippen LogP contribution < -0.4 is 10.1 Å². The maximum Gasteiger partial charge on any atom is 0.221 e. The van der Waals surface area contributed by atoms with E-state index in [4.69, 9.17) is 14.3 Å². The summed E-state index contributed by atoms with van der Waals surface area (Å²) in [5.74, 6) is 1.54. The molecule has 0 spiro atoms. The number of furan rings is 1. The maximum atomic E-state index is 11.1. The van der Waals surface area contributed by atoms with Crippen LogP contribution in [0.3, 0.4) is 0 Å². The van der Waals surface area contributed by atoms with Crippen molar-refractivity contribution in [3.63, 3.8) is 0 Å². The lowest BCUT2D eigenvalue weighted by molar-refractivity contribution is -0.114. The normalized spacial score (nSPS) is 10.3. The van der Waals surface area contributed by atoms with Gasteiger partial charge in [-0.05, 0) is 30.3 Å². The van der Waals surface area contributed by atoms with Gasteiger partial charge >= 0.3 is 0 Å². The highest BCUT2D eigenvalue weighted by molar-refractivity contribution is 5.90. The fourth-order valence-electron chi connectivity index (χ4n) is 1.79. The molecular weight excluding hydrogens is 246 g/mol. The molecule has 0 unspecified atom stereocenters. The molecule has 0 saturated heterocycles. The van der Waals surface area contributed by atoms with E-state index in [0.29, 0.717) is 28.5 Å². The Balaban J connectivity index is 2.43. The molecule has 0 atom stereocenters. The van der Waals surface area contributed by atoms with Gasteiger partial charge in [-0.15, -0.1) is 0 Å². The Morgan fingerprint density at radius 1 is 1.37 bits per heavy atom. The summed E-state index contributed by atoms with van der Waals surface area (Å²) in [5.41, 5.74) is 1.37. The van der Waals surface area contributed by atoms with Crippen molar-refractivity contribution in [1.82, 2.24) is 0 Å². The van der Waals surface area contributed by atoms with Gasteiger partial charge in [-0.2, -0.15) is 0 Å². The zero-order valence-electron chi connectivity index (χ0n) is 10.8. The zero-order valence-corrected chi connectivity index (χ0v) is 10.8. The third-order valence-electron chi connectivity index (χ3n) is 2.60. The Kier molecular flexibility index (Phi) is 3.87. The van der Waals surface area contributed by atoms with Crippen LogP contribution in [-0.2, 0) is 11.4 Å². The number of carbonyl (C=O) groups excluding carboxylic acids is 1. The predicted molar refractivity (Wildman–Crippen MR) is 70.9 cm³/mol. The van der Waals surface area contributed by atoms with Gasteiger partial charge in [0.2, 0.25) is 5.91 Å². The van der Waals surface area contributed by atoms with Crippen LogP contribution >= 0.6 is 0 Å². The van der Waals surface area contributed by atoms with E-state index < -0.39 is 0 Å². The van der Waals surface area contributed by atoms with Gasteiger partial charge < -0.3 is 19.6 Å². The summed E-state index contributed by atoms with van der Waals surface area (Å²) in [6.07, 6.45) is 0. The van der Waals surface area contributed by atoms with Crippen molar-refractivity contribution in [3.8, 4) is 17.1 Å². The van der Waals surface area contributed by atoms with E-state index in [9.17, 15) is 4.79 Å². The Morgan fingerprint density at radius 2 is 2.16 bits per heavy atom. The second-order valence-electron chi connectivity index (χ2n) is 4.02. The molecule has 2 aromatic rings. The minimum atomic E-state index is -0.159. The van der Waals surface area contributed by atoms with Crippen LogP contribution in [0.1, 0.15) is 12.7 Å². The molecule has 0 fully saturated rings. The largest absolute Gasteiger partial charge is 0.496 e. The number of amides is 1. The number of nitrogens with one attached hydrogen (secondary N) is 1. The molecule has 2 rings (SSSR count). The molecule has 0 saturated carbocycles. The third-order valence-corrected chi connectivity index (χ3v) is 2.60. The van der Waals surface area contributed by atoms with Crippen LogP contribution in [0.4, 0.5) is 5.69 Å². The third kappa shape index (κ3) is 2.95. The lowest BCUT2D eigenvalue weighted by Crippen LogP contribution is -2.05. The number of hydrogen-bond donors (Lipinski definition) is 2. The van der Waals surface area contributed by atoms with Gasteiger partial charge in [-0.3, -0.25) is 4.79 Å². The average molecular weight is 261 g/mol. The summed E-state index contributed by atoms with van der Waals surface area (Å²) in [6.45, 7) is 1.29. The molecule has 5 heteroatoms. The van der Waals surface area contributed by atoms with E-state index in [2.05, 4.69) is 5.32 Å². The Bertz CT molecular complexity index is 589. The Hall–Kier alpha value is -2.27. The van der Waals surface area contributed by atoms with Crippen molar-refractivity contribution in [2.24, 2.45) is 0 Å². The monoisotopic (exact) mass is 261 g/mol. The number of anilines is 1. The molecule has 0 radical (unpaired) electrons. The second-order valence-corrected chi connectivity index (χ2v) is 4.02.